The predicted molar refractivity (Wildman–Crippen MR) is 191 cm³/mol. The van der Waals surface area contributed by atoms with Crippen molar-refractivity contribution in [3.8, 4) is 11.5 Å². The third kappa shape index (κ3) is 5.26. The van der Waals surface area contributed by atoms with Gasteiger partial charge in [-0.05, 0) is 103 Å². The molecular formula is C40H32Cl2FN3O6. The number of nitrogens with one attached hydrogen (secondary N) is 1. The van der Waals surface area contributed by atoms with E-state index in [2.05, 4.69) is 5.43 Å². The molecule has 0 radical (unpaired) electrons. The number of phenols is 2. The number of anilines is 1. The molecule has 3 fully saturated rings. The van der Waals surface area contributed by atoms with Crippen LogP contribution in [0.5, 0.6) is 11.5 Å². The van der Waals surface area contributed by atoms with Gasteiger partial charge in [0.05, 0.1) is 28.9 Å². The summed E-state index contributed by atoms with van der Waals surface area (Å²) in [5.41, 5.74) is 4.18. The van der Waals surface area contributed by atoms with Crippen LogP contribution in [-0.4, -0.2) is 50.3 Å². The molecule has 2 saturated heterocycles. The van der Waals surface area contributed by atoms with E-state index in [-0.39, 0.29) is 47.7 Å². The number of benzene rings is 4. The van der Waals surface area contributed by atoms with Crippen LogP contribution in [0.1, 0.15) is 35.4 Å². The minimum absolute atomic E-state index is 0.0822. The van der Waals surface area contributed by atoms with Gasteiger partial charge < -0.3 is 10.2 Å². The molecule has 6 unspecified atom stereocenters. The second kappa shape index (κ2) is 12.8. The van der Waals surface area contributed by atoms with Gasteiger partial charge in [0, 0.05) is 22.5 Å². The van der Waals surface area contributed by atoms with E-state index in [0.717, 1.165) is 10.6 Å². The van der Waals surface area contributed by atoms with Crippen molar-refractivity contribution in [3.63, 3.8) is 0 Å². The summed E-state index contributed by atoms with van der Waals surface area (Å²) in [4.78, 5) is 59.4. The fraction of sp³-hybridized carbons (Fsp3) is 0.250. The first-order chi connectivity index (χ1) is 25.0. The van der Waals surface area contributed by atoms with Crippen LogP contribution in [0.3, 0.4) is 0 Å². The molecule has 2 heterocycles. The molecule has 1 saturated carbocycles. The highest BCUT2D eigenvalue weighted by Gasteiger charge is 2.70. The summed E-state index contributed by atoms with van der Waals surface area (Å²) in [6, 6.07) is 23.0. The number of hydrogen-bond acceptors (Lipinski definition) is 7. The second-order valence-corrected chi connectivity index (χ2v) is 14.7. The highest BCUT2D eigenvalue weighted by atomic mass is 35.5. The molecule has 4 amide bonds. The number of likely N-dealkylation sites (tertiary alicyclic amines) is 1. The molecule has 12 heteroatoms. The number of carbonyl (C=O) groups is 4. The Labute approximate surface area is 308 Å². The van der Waals surface area contributed by atoms with Crippen molar-refractivity contribution in [2.24, 2.45) is 23.7 Å². The van der Waals surface area contributed by atoms with Crippen molar-refractivity contribution < 1.29 is 33.8 Å². The molecule has 52 heavy (non-hydrogen) atoms. The minimum atomic E-state index is -1.59. The number of imide groups is 2. The minimum Gasteiger partial charge on any atom is -0.508 e. The van der Waals surface area contributed by atoms with Crippen molar-refractivity contribution in [1.29, 1.82) is 0 Å². The molecule has 4 aromatic carbocycles. The molecule has 4 aromatic rings. The molecule has 6 atom stereocenters. The van der Waals surface area contributed by atoms with E-state index in [1.165, 1.54) is 41.3 Å². The topological polar surface area (TPSA) is 127 Å². The Hall–Kier alpha value is -5.19. The van der Waals surface area contributed by atoms with Gasteiger partial charge in [0.2, 0.25) is 11.8 Å². The number of hydrazine groups is 1. The normalized spacial score (nSPS) is 26.6. The first-order valence-corrected chi connectivity index (χ1v) is 17.7. The molecule has 0 bridgehead atoms. The van der Waals surface area contributed by atoms with Gasteiger partial charge in [-0.15, -0.1) is 0 Å². The maximum Gasteiger partial charge on any atom is 0.260 e. The number of aromatic hydroxyl groups is 2. The molecule has 8 rings (SSSR count). The van der Waals surface area contributed by atoms with E-state index >= 15 is 4.79 Å². The van der Waals surface area contributed by atoms with Gasteiger partial charge in [0.1, 0.15) is 17.3 Å². The zero-order valence-electron chi connectivity index (χ0n) is 27.5. The van der Waals surface area contributed by atoms with Crippen LogP contribution in [-0.2, 0) is 31.0 Å². The number of carbonyl (C=O) groups excluding carboxylic acids is 4. The Kier molecular flexibility index (Phi) is 8.34. The smallest absolute Gasteiger partial charge is 0.260 e. The molecule has 2 aliphatic heterocycles. The Morgan fingerprint density at radius 1 is 0.808 bits per heavy atom. The zero-order chi connectivity index (χ0) is 36.5. The standard InChI is InChI=1S/C40H32Cl2FN3O6/c41-23-5-3-22(4-6-23)40-32(37(50)46(39(40)52)44-25-9-7-24(43)8-10-25)20-31-28(35(40)29-14-13-27(48)19-33(29)42)15-16-30-34(31)38(51)45(36(30)49)18-17-21-1-11-26(47)12-2-21/h1-15,19,30-32,34-35,44,47-48H,16-18,20H2. The van der Waals surface area contributed by atoms with E-state index < -0.39 is 52.6 Å². The van der Waals surface area contributed by atoms with Gasteiger partial charge in [-0.1, -0.05) is 65.2 Å². The Bertz CT molecular complexity index is 2160. The molecule has 3 N–H and O–H groups in total. The van der Waals surface area contributed by atoms with Crippen molar-refractivity contribution >= 4 is 52.5 Å². The van der Waals surface area contributed by atoms with Gasteiger partial charge in [0.15, 0.2) is 0 Å². The number of fused-ring (bicyclic) bond motifs is 4. The molecule has 2 aliphatic carbocycles. The monoisotopic (exact) mass is 739 g/mol. The molecule has 0 spiro atoms. The van der Waals surface area contributed by atoms with Crippen LogP contribution in [0.15, 0.2) is 103 Å². The Morgan fingerprint density at radius 2 is 1.50 bits per heavy atom. The Morgan fingerprint density at radius 3 is 2.19 bits per heavy atom. The first-order valence-electron chi connectivity index (χ1n) is 17.0. The summed E-state index contributed by atoms with van der Waals surface area (Å²) in [7, 11) is 0. The summed E-state index contributed by atoms with van der Waals surface area (Å²) in [5, 5.41) is 21.6. The summed E-state index contributed by atoms with van der Waals surface area (Å²) in [6.07, 6.45) is 2.64. The van der Waals surface area contributed by atoms with E-state index in [0.29, 0.717) is 33.8 Å². The van der Waals surface area contributed by atoms with Gasteiger partial charge >= 0.3 is 0 Å². The SMILES string of the molecule is O=C1C2CC=C3C(CC4C(=O)N(Nc5ccc(F)cc5)C(=O)C4(c4ccc(Cl)cc4)C3c3ccc(O)cc3Cl)C2C(=O)N1CCc1ccc(O)cc1. The third-order valence-electron chi connectivity index (χ3n) is 11.2. The van der Waals surface area contributed by atoms with E-state index in [9.17, 15) is 29.0 Å². The van der Waals surface area contributed by atoms with E-state index in [1.54, 1.807) is 54.6 Å². The van der Waals surface area contributed by atoms with Crippen LogP contribution in [0, 0.1) is 29.5 Å². The zero-order valence-corrected chi connectivity index (χ0v) is 29.0. The Balaban J connectivity index is 1.26. The quantitative estimate of drug-likeness (QED) is 0.141. The number of halogens is 3. The van der Waals surface area contributed by atoms with Gasteiger partial charge in [-0.25, -0.2) is 4.39 Å². The number of rotatable bonds is 7. The number of phenolic OH excluding ortho intramolecular Hbond substituents is 2. The summed E-state index contributed by atoms with van der Waals surface area (Å²) in [6.45, 7) is 0.148. The van der Waals surface area contributed by atoms with Crippen LogP contribution in [0.2, 0.25) is 10.0 Å². The van der Waals surface area contributed by atoms with Crippen LogP contribution in [0.4, 0.5) is 10.1 Å². The summed E-state index contributed by atoms with van der Waals surface area (Å²) < 4.78 is 13.8. The van der Waals surface area contributed by atoms with Crippen molar-refractivity contribution in [2.75, 3.05) is 12.0 Å². The number of allylic oxidation sites excluding steroid dienone is 2. The lowest BCUT2D eigenvalue weighted by Crippen LogP contribution is -2.53. The fourth-order valence-electron chi connectivity index (χ4n) is 8.94. The molecule has 0 aromatic heterocycles. The van der Waals surface area contributed by atoms with Gasteiger partial charge in [0.25, 0.3) is 11.8 Å². The van der Waals surface area contributed by atoms with Crippen LogP contribution in [0.25, 0.3) is 0 Å². The maximum absolute atomic E-state index is 15.2. The van der Waals surface area contributed by atoms with E-state index in [4.69, 9.17) is 23.2 Å². The van der Waals surface area contributed by atoms with Gasteiger partial charge in [-0.3, -0.25) is 29.5 Å². The molecule has 264 valence electrons. The summed E-state index contributed by atoms with van der Waals surface area (Å²) in [5.74, 6) is -6.17. The predicted octanol–water partition coefficient (Wildman–Crippen LogP) is 6.77. The lowest BCUT2D eigenvalue weighted by Gasteiger charge is -2.50. The van der Waals surface area contributed by atoms with Crippen molar-refractivity contribution in [2.45, 2.75) is 30.6 Å². The van der Waals surface area contributed by atoms with Crippen molar-refractivity contribution in [3.05, 3.63) is 135 Å². The average Bonchev–Trinajstić information content (AvgIpc) is 3.50. The number of nitrogens with zero attached hydrogens (tertiary/aromatic N) is 2. The largest absolute Gasteiger partial charge is 0.508 e. The van der Waals surface area contributed by atoms with Crippen molar-refractivity contribution in [1.82, 2.24) is 9.91 Å². The van der Waals surface area contributed by atoms with E-state index in [1.807, 2.05) is 6.08 Å². The van der Waals surface area contributed by atoms with Gasteiger partial charge in [-0.2, -0.15) is 5.01 Å². The fourth-order valence-corrected chi connectivity index (χ4v) is 9.35. The lowest BCUT2D eigenvalue weighted by atomic mass is 9.49. The molecular weight excluding hydrogens is 708 g/mol. The first kappa shape index (κ1) is 33.9. The van der Waals surface area contributed by atoms with Crippen LogP contribution < -0.4 is 5.43 Å². The maximum atomic E-state index is 15.2. The second-order valence-electron chi connectivity index (χ2n) is 13.8. The lowest BCUT2D eigenvalue weighted by molar-refractivity contribution is -0.141. The average molecular weight is 741 g/mol. The third-order valence-corrected chi connectivity index (χ3v) is 11.8. The highest BCUT2D eigenvalue weighted by molar-refractivity contribution is 6.32. The molecule has 4 aliphatic rings. The summed E-state index contributed by atoms with van der Waals surface area (Å²) >= 11 is 13.2. The highest BCUT2D eigenvalue weighted by Crippen LogP contribution is 2.64. The number of hydrogen-bond donors (Lipinski definition) is 3. The number of amides is 4. The molecule has 9 nitrogen and oxygen atoms in total. The van der Waals surface area contributed by atoms with Crippen LogP contribution >= 0.6 is 23.2 Å².